The monoisotopic (exact) mass is 183 g/mol. The van der Waals surface area contributed by atoms with Crippen molar-refractivity contribution in [1.82, 2.24) is 5.32 Å². The van der Waals surface area contributed by atoms with Crippen LogP contribution in [0.25, 0.3) is 0 Å². The lowest BCUT2D eigenvalue weighted by molar-refractivity contribution is -0.114. The first-order valence-corrected chi connectivity index (χ1v) is 5.52. The highest BCUT2D eigenvalue weighted by Crippen LogP contribution is 2.44. The number of hydrogen-bond donors (Lipinski definition) is 1. The van der Waals surface area contributed by atoms with Gasteiger partial charge in [0.05, 0.1) is 6.10 Å². The number of ether oxygens (including phenoxy) is 1. The highest BCUT2D eigenvalue weighted by molar-refractivity contribution is 5.05. The van der Waals surface area contributed by atoms with Crippen molar-refractivity contribution in [3.05, 3.63) is 0 Å². The Morgan fingerprint density at radius 2 is 2.08 bits per heavy atom. The average molecular weight is 183 g/mol. The molecule has 2 saturated carbocycles. The van der Waals surface area contributed by atoms with E-state index in [0.717, 1.165) is 12.6 Å². The van der Waals surface area contributed by atoms with Crippen LogP contribution in [-0.2, 0) is 4.74 Å². The van der Waals surface area contributed by atoms with Gasteiger partial charge in [-0.25, -0.2) is 0 Å². The second kappa shape index (κ2) is 3.25. The predicted molar refractivity (Wildman–Crippen MR) is 53.8 cm³/mol. The second-order valence-corrected chi connectivity index (χ2v) is 4.99. The molecule has 76 valence electrons. The Morgan fingerprint density at radius 3 is 2.54 bits per heavy atom. The standard InChI is InChI=1S/C11H21NO/c1-4-13-10-7-9(11(10,2)3)12-8-5-6-8/h8-10,12H,4-7H2,1-3H3. The molecule has 13 heavy (non-hydrogen) atoms. The summed E-state index contributed by atoms with van der Waals surface area (Å²) in [5, 5.41) is 3.69. The lowest BCUT2D eigenvalue weighted by Gasteiger charge is -2.52. The lowest BCUT2D eigenvalue weighted by atomic mass is 9.64. The zero-order valence-electron chi connectivity index (χ0n) is 8.97. The first kappa shape index (κ1) is 9.47. The quantitative estimate of drug-likeness (QED) is 0.719. The molecule has 0 saturated heterocycles. The number of hydrogen-bond acceptors (Lipinski definition) is 2. The molecule has 2 rings (SSSR count). The zero-order valence-corrected chi connectivity index (χ0v) is 8.97. The molecule has 2 aliphatic rings. The first-order valence-electron chi connectivity index (χ1n) is 5.52. The van der Waals surface area contributed by atoms with Crippen LogP contribution in [0.4, 0.5) is 0 Å². The first-order chi connectivity index (χ1) is 6.14. The third kappa shape index (κ3) is 1.75. The van der Waals surface area contributed by atoms with Gasteiger partial charge in [0.15, 0.2) is 0 Å². The third-order valence-corrected chi connectivity index (χ3v) is 3.56. The highest BCUT2D eigenvalue weighted by atomic mass is 16.5. The minimum atomic E-state index is 0.346. The Bertz CT molecular complexity index is 187. The van der Waals surface area contributed by atoms with Crippen LogP contribution in [0, 0.1) is 5.41 Å². The zero-order chi connectivity index (χ0) is 9.47. The van der Waals surface area contributed by atoms with Crippen LogP contribution in [-0.4, -0.2) is 24.8 Å². The molecule has 2 nitrogen and oxygen atoms in total. The molecule has 2 unspecified atom stereocenters. The van der Waals surface area contributed by atoms with Gasteiger partial charge >= 0.3 is 0 Å². The van der Waals surface area contributed by atoms with Crippen molar-refractivity contribution < 1.29 is 4.74 Å². The van der Waals surface area contributed by atoms with Crippen LogP contribution in [0.15, 0.2) is 0 Å². The van der Waals surface area contributed by atoms with Crippen molar-refractivity contribution in [1.29, 1.82) is 0 Å². The second-order valence-electron chi connectivity index (χ2n) is 4.99. The average Bonchev–Trinajstić information content (AvgIpc) is 2.86. The normalized spacial score (nSPS) is 37.2. The van der Waals surface area contributed by atoms with E-state index in [9.17, 15) is 0 Å². The molecule has 0 aromatic heterocycles. The molecule has 2 fully saturated rings. The molecule has 0 aromatic carbocycles. The SMILES string of the molecule is CCOC1CC(NC2CC2)C1(C)C. The van der Waals surface area contributed by atoms with Gasteiger partial charge in [-0.05, 0) is 26.2 Å². The minimum Gasteiger partial charge on any atom is -0.378 e. The van der Waals surface area contributed by atoms with Gasteiger partial charge in [-0.2, -0.15) is 0 Å². The molecule has 2 aliphatic carbocycles. The molecule has 1 N–H and O–H groups in total. The molecular weight excluding hydrogens is 162 g/mol. The van der Waals surface area contributed by atoms with E-state index < -0.39 is 0 Å². The van der Waals surface area contributed by atoms with Gasteiger partial charge in [-0.15, -0.1) is 0 Å². The van der Waals surface area contributed by atoms with Gasteiger partial charge in [-0.3, -0.25) is 0 Å². The molecule has 0 amide bonds. The van der Waals surface area contributed by atoms with Gasteiger partial charge in [-0.1, -0.05) is 13.8 Å². The van der Waals surface area contributed by atoms with Crippen molar-refractivity contribution >= 4 is 0 Å². The van der Waals surface area contributed by atoms with E-state index in [2.05, 4.69) is 26.1 Å². The molecule has 2 heteroatoms. The number of rotatable bonds is 4. The van der Waals surface area contributed by atoms with E-state index in [1.165, 1.54) is 19.3 Å². The van der Waals surface area contributed by atoms with Crippen molar-refractivity contribution in [2.24, 2.45) is 5.41 Å². The Kier molecular flexibility index (Phi) is 2.37. The summed E-state index contributed by atoms with van der Waals surface area (Å²) >= 11 is 0. The summed E-state index contributed by atoms with van der Waals surface area (Å²) in [6, 6.07) is 1.52. The summed E-state index contributed by atoms with van der Waals surface area (Å²) in [5.41, 5.74) is 0.346. The third-order valence-electron chi connectivity index (χ3n) is 3.56. The van der Waals surface area contributed by atoms with Crippen molar-refractivity contribution in [3.63, 3.8) is 0 Å². The van der Waals surface area contributed by atoms with Gasteiger partial charge in [0.1, 0.15) is 0 Å². The summed E-state index contributed by atoms with van der Waals surface area (Å²) in [4.78, 5) is 0. The molecule has 0 heterocycles. The summed E-state index contributed by atoms with van der Waals surface area (Å²) in [6.45, 7) is 7.57. The van der Waals surface area contributed by atoms with E-state index >= 15 is 0 Å². The topological polar surface area (TPSA) is 21.3 Å². The Morgan fingerprint density at radius 1 is 1.38 bits per heavy atom. The van der Waals surface area contributed by atoms with E-state index in [1.54, 1.807) is 0 Å². The number of nitrogens with one attached hydrogen (secondary N) is 1. The highest BCUT2D eigenvalue weighted by Gasteiger charge is 2.49. The van der Waals surface area contributed by atoms with Gasteiger partial charge in [0.25, 0.3) is 0 Å². The fourth-order valence-corrected chi connectivity index (χ4v) is 2.19. The Labute approximate surface area is 81.0 Å². The summed E-state index contributed by atoms with van der Waals surface area (Å²) in [6.07, 6.45) is 4.45. The van der Waals surface area contributed by atoms with Crippen LogP contribution >= 0.6 is 0 Å². The summed E-state index contributed by atoms with van der Waals surface area (Å²) < 4.78 is 5.69. The molecular formula is C11H21NO. The maximum absolute atomic E-state index is 5.69. The Balaban J connectivity index is 1.81. The molecule has 0 radical (unpaired) electrons. The van der Waals surface area contributed by atoms with Crippen LogP contribution in [0.5, 0.6) is 0 Å². The summed E-state index contributed by atoms with van der Waals surface area (Å²) in [7, 11) is 0. The Hall–Kier alpha value is -0.0800. The molecule has 0 bridgehead atoms. The van der Waals surface area contributed by atoms with Crippen LogP contribution < -0.4 is 5.32 Å². The maximum atomic E-state index is 5.69. The fourth-order valence-electron chi connectivity index (χ4n) is 2.19. The van der Waals surface area contributed by atoms with Crippen LogP contribution in [0.2, 0.25) is 0 Å². The van der Waals surface area contributed by atoms with Crippen molar-refractivity contribution in [2.45, 2.75) is 58.2 Å². The van der Waals surface area contributed by atoms with Crippen LogP contribution in [0.1, 0.15) is 40.0 Å². The minimum absolute atomic E-state index is 0.346. The smallest absolute Gasteiger partial charge is 0.0655 e. The van der Waals surface area contributed by atoms with Gasteiger partial charge in [0.2, 0.25) is 0 Å². The molecule has 0 aliphatic heterocycles. The lowest BCUT2D eigenvalue weighted by Crippen LogP contribution is -2.61. The molecule has 0 spiro atoms. The molecule has 0 aromatic rings. The van der Waals surface area contributed by atoms with Crippen molar-refractivity contribution in [2.75, 3.05) is 6.61 Å². The largest absolute Gasteiger partial charge is 0.378 e. The van der Waals surface area contributed by atoms with Crippen molar-refractivity contribution in [3.8, 4) is 0 Å². The maximum Gasteiger partial charge on any atom is 0.0655 e. The molecule has 2 atom stereocenters. The van der Waals surface area contributed by atoms with E-state index in [-0.39, 0.29) is 0 Å². The van der Waals surface area contributed by atoms with E-state index in [1.807, 2.05) is 0 Å². The van der Waals surface area contributed by atoms with E-state index in [4.69, 9.17) is 4.74 Å². The fraction of sp³-hybridized carbons (Fsp3) is 1.00. The van der Waals surface area contributed by atoms with Crippen LogP contribution in [0.3, 0.4) is 0 Å². The van der Waals surface area contributed by atoms with E-state index in [0.29, 0.717) is 17.6 Å². The van der Waals surface area contributed by atoms with Gasteiger partial charge in [0, 0.05) is 24.1 Å². The van der Waals surface area contributed by atoms with Gasteiger partial charge < -0.3 is 10.1 Å². The predicted octanol–water partition coefficient (Wildman–Crippen LogP) is 1.94. The summed E-state index contributed by atoms with van der Waals surface area (Å²) in [5.74, 6) is 0.